The van der Waals surface area contributed by atoms with Crippen molar-refractivity contribution in [3.8, 4) is 0 Å². The number of hydrogen-bond donors (Lipinski definition) is 1. The first-order valence-corrected chi connectivity index (χ1v) is 4.81. The second-order valence-corrected chi connectivity index (χ2v) is 3.35. The highest BCUT2D eigenvalue weighted by Crippen LogP contribution is 2.15. The molecule has 79 valence electrons. The minimum Gasteiger partial charge on any atom is -0.478 e. The van der Waals surface area contributed by atoms with Gasteiger partial charge in [0.1, 0.15) is 0 Å². The van der Waals surface area contributed by atoms with Crippen LogP contribution in [0.2, 0.25) is 0 Å². The van der Waals surface area contributed by atoms with Gasteiger partial charge < -0.3 is 14.6 Å². The summed E-state index contributed by atoms with van der Waals surface area (Å²) in [6.45, 7) is 1.97. The summed E-state index contributed by atoms with van der Waals surface area (Å²) < 4.78 is 9.80. The average molecular weight is 215 g/mol. The maximum absolute atomic E-state index is 10.9. The van der Waals surface area contributed by atoms with E-state index in [4.69, 9.17) is 14.6 Å². The summed E-state index contributed by atoms with van der Waals surface area (Å²) in [5, 5.41) is 9.56. The topological polar surface area (TPSA) is 55.8 Å². The molecule has 0 aliphatic rings. The molecule has 0 amide bonds. The molecule has 0 heterocycles. The lowest BCUT2D eigenvalue weighted by molar-refractivity contribution is -0.140. The number of aliphatic carboxylic acids is 1. The molecule has 0 fully saturated rings. The standard InChI is InChI=1S/C9H15O4Si/c1-4-5-6(14)7(8(10)11)9(12-2)13-3/h9H,4-5H2,1-3H3,(H,10,11)/b7-6+. The summed E-state index contributed by atoms with van der Waals surface area (Å²) in [5.41, 5.74) is 0.119. The van der Waals surface area contributed by atoms with Crippen molar-refractivity contribution in [2.45, 2.75) is 26.1 Å². The van der Waals surface area contributed by atoms with Crippen LogP contribution in [0.25, 0.3) is 0 Å². The summed E-state index contributed by atoms with van der Waals surface area (Å²) in [7, 11) is 6.09. The van der Waals surface area contributed by atoms with Crippen LogP contribution in [-0.4, -0.2) is 41.8 Å². The number of carbonyl (C=O) groups is 1. The Morgan fingerprint density at radius 3 is 2.21 bits per heavy atom. The van der Waals surface area contributed by atoms with E-state index in [2.05, 4.69) is 10.2 Å². The van der Waals surface area contributed by atoms with Crippen LogP contribution in [0.3, 0.4) is 0 Å². The molecular formula is C9H15O4Si. The number of carboxylic acid groups (broad SMARTS) is 1. The molecule has 0 aliphatic carbocycles. The molecule has 3 radical (unpaired) electrons. The van der Waals surface area contributed by atoms with E-state index in [9.17, 15) is 4.79 Å². The molecule has 0 spiro atoms. The van der Waals surface area contributed by atoms with Crippen molar-refractivity contribution >= 4 is 16.2 Å². The van der Waals surface area contributed by atoms with Crippen LogP contribution in [0.1, 0.15) is 19.8 Å². The molecule has 0 aromatic heterocycles. The molecule has 0 rings (SSSR count). The van der Waals surface area contributed by atoms with Crippen LogP contribution in [0.4, 0.5) is 0 Å². The van der Waals surface area contributed by atoms with Gasteiger partial charge in [0.25, 0.3) is 0 Å². The van der Waals surface area contributed by atoms with Crippen LogP contribution in [0.15, 0.2) is 10.8 Å². The van der Waals surface area contributed by atoms with Gasteiger partial charge in [0.2, 0.25) is 0 Å². The Labute approximate surface area is 87.3 Å². The van der Waals surface area contributed by atoms with Gasteiger partial charge in [-0.3, -0.25) is 0 Å². The van der Waals surface area contributed by atoms with Crippen LogP contribution in [0.5, 0.6) is 0 Å². The van der Waals surface area contributed by atoms with Gasteiger partial charge in [0.05, 0.1) is 15.8 Å². The fourth-order valence-electron chi connectivity index (χ4n) is 1.09. The molecule has 0 aliphatic heterocycles. The van der Waals surface area contributed by atoms with E-state index in [1.165, 1.54) is 14.2 Å². The second kappa shape index (κ2) is 6.75. The van der Waals surface area contributed by atoms with Crippen molar-refractivity contribution in [3.05, 3.63) is 10.8 Å². The lowest BCUT2D eigenvalue weighted by atomic mass is 10.2. The van der Waals surface area contributed by atoms with Crippen molar-refractivity contribution in [1.29, 1.82) is 0 Å². The molecule has 4 nitrogen and oxygen atoms in total. The SMILES string of the molecule is CCC/C([Si])=C(/C(=O)O)C(OC)OC. The number of ether oxygens (including phenoxy) is 2. The van der Waals surface area contributed by atoms with E-state index < -0.39 is 12.3 Å². The predicted molar refractivity (Wildman–Crippen MR) is 53.1 cm³/mol. The molecule has 0 aromatic rings. The first-order valence-electron chi connectivity index (χ1n) is 4.31. The summed E-state index contributed by atoms with van der Waals surface area (Å²) in [5.74, 6) is -1.03. The summed E-state index contributed by atoms with van der Waals surface area (Å²) in [4.78, 5) is 10.9. The van der Waals surface area contributed by atoms with Gasteiger partial charge in [-0.1, -0.05) is 18.5 Å². The number of carboxylic acids is 1. The lowest BCUT2D eigenvalue weighted by Crippen LogP contribution is -2.24. The first-order chi connectivity index (χ1) is 6.58. The molecule has 5 heteroatoms. The van der Waals surface area contributed by atoms with Gasteiger partial charge >= 0.3 is 5.97 Å². The van der Waals surface area contributed by atoms with Crippen molar-refractivity contribution in [1.82, 2.24) is 0 Å². The Balaban J connectivity index is 4.90. The summed E-state index contributed by atoms with van der Waals surface area (Å²) in [6.07, 6.45) is 0.684. The van der Waals surface area contributed by atoms with Crippen molar-refractivity contribution in [2.24, 2.45) is 0 Å². The monoisotopic (exact) mass is 215 g/mol. The van der Waals surface area contributed by atoms with E-state index in [1.807, 2.05) is 6.92 Å². The maximum atomic E-state index is 10.9. The molecule has 0 aromatic carbocycles. The van der Waals surface area contributed by atoms with E-state index in [0.29, 0.717) is 11.6 Å². The van der Waals surface area contributed by atoms with Crippen LogP contribution in [0, 0.1) is 0 Å². The van der Waals surface area contributed by atoms with E-state index in [-0.39, 0.29) is 5.57 Å². The zero-order valence-electron chi connectivity index (χ0n) is 8.66. The molecule has 1 N–H and O–H groups in total. The molecule has 14 heavy (non-hydrogen) atoms. The van der Waals surface area contributed by atoms with Crippen molar-refractivity contribution in [2.75, 3.05) is 14.2 Å². The zero-order valence-corrected chi connectivity index (χ0v) is 9.66. The molecule has 0 unspecified atom stereocenters. The van der Waals surface area contributed by atoms with Crippen LogP contribution >= 0.6 is 0 Å². The van der Waals surface area contributed by atoms with Gasteiger partial charge in [-0.25, -0.2) is 4.79 Å². The lowest BCUT2D eigenvalue weighted by Gasteiger charge is -2.16. The molecular weight excluding hydrogens is 200 g/mol. The summed E-state index contributed by atoms with van der Waals surface area (Å²) in [6, 6.07) is 0. The minimum atomic E-state index is -1.03. The Bertz CT molecular complexity index is 221. The van der Waals surface area contributed by atoms with E-state index in [0.717, 1.165) is 6.42 Å². The number of allylic oxidation sites excluding steroid dienone is 1. The maximum Gasteiger partial charge on any atom is 0.336 e. The minimum absolute atomic E-state index is 0.119. The van der Waals surface area contributed by atoms with Crippen LogP contribution < -0.4 is 0 Å². The molecule has 0 saturated heterocycles. The van der Waals surface area contributed by atoms with Gasteiger partial charge in [-0.2, -0.15) is 0 Å². The van der Waals surface area contributed by atoms with Crippen molar-refractivity contribution < 1.29 is 19.4 Å². The van der Waals surface area contributed by atoms with E-state index in [1.54, 1.807) is 0 Å². The fraction of sp³-hybridized carbons (Fsp3) is 0.667. The first kappa shape index (κ1) is 13.3. The second-order valence-electron chi connectivity index (χ2n) is 2.75. The summed E-state index contributed by atoms with van der Waals surface area (Å²) >= 11 is 0. The van der Waals surface area contributed by atoms with Crippen LogP contribution in [-0.2, 0) is 14.3 Å². The third-order valence-electron chi connectivity index (χ3n) is 1.72. The fourth-order valence-corrected chi connectivity index (χ4v) is 1.56. The Morgan fingerprint density at radius 2 is 1.93 bits per heavy atom. The van der Waals surface area contributed by atoms with E-state index >= 15 is 0 Å². The molecule has 0 bridgehead atoms. The zero-order chi connectivity index (χ0) is 11.1. The van der Waals surface area contributed by atoms with Gasteiger partial charge in [0, 0.05) is 14.2 Å². The highest BCUT2D eigenvalue weighted by molar-refractivity contribution is 6.24. The Hall–Kier alpha value is -0.653. The number of rotatable bonds is 6. The van der Waals surface area contributed by atoms with Gasteiger partial charge in [0.15, 0.2) is 6.29 Å². The predicted octanol–water partition coefficient (Wildman–Crippen LogP) is 0.913. The largest absolute Gasteiger partial charge is 0.478 e. The number of hydrogen-bond acceptors (Lipinski definition) is 3. The average Bonchev–Trinajstić information content (AvgIpc) is 2.13. The van der Waals surface area contributed by atoms with Crippen molar-refractivity contribution in [3.63, 3.8) is 0 Å². The normalized spacial score (nSPS) is 12.9. The van der Waals surface area contributed by atoms with Gasteiger partial charge in [-0.15, -0.1) is 0 Å². The third kappa shape index (κ3) is 3.61. The Morgan fingerprint density at radius 1 is 1.43 bits per heavy atom. The number of methoxy groups -OCH3 is 2. The van der Waals surface area contributed by atoms with Gasteiger partial charge in [-0.05, 0) is 6.42 Å². The molecule has 0 atom stereocenters. The quantitative estimate of drug-likeness (QED) is 0.406. The molecule has 0 saturated carbocycles. The third-order valence-corrected chi connectivity index (χ3v) is 2.24. The highest BCUT2D eigenvalue weighted by Gasteiger charge is 2.21. The smallest absolute Gasteiger partial charge is 0.336 e. The Kier molecular flexibility index (Phi) is 6.43. The highest BCUT2D eigenvalue weighted by atomic mass is 28.1.